The van der Waals surface area contributed by atoms with Gasteiger partial charge in [0.2, 0.25) is 0 Å². The van der Waals surface area contributed by atoms with Crippen molar-refractivity contribution >= 4 is 43.6 Å². The molecule has 0 aliphatic rings. The SMILES string of the molecule is c1ccc(-c2nc(-c3ccc4c(c3)cc(-c3ccccc3)c3c(-c5ccccc5)nn(-c5ccccc5)c34)cc(-c3cccc4oc5ccccc5c34)n2)cc1. The molecule has 56 heavy (non-hydrogen) atoms. The molecule has 0 radical (unpaired) electrons. The number of aromatic nitrogens is 4. The van der Waals surface area contributed by atoms with Crippen LogP contribution in [0.5, 0.6) is 0 Å². The van der Waals surface area contributed by atoms with Crippen molar-refractivity contribution in [1.29, 1.82) is 0 Å². The van der Waals surface area contributed by atoms with E-state index in [0.29, 0.717) is 5.82 Å². The minimum absolute atomic E-state index is 0.665. The molecule has 0 bridgehead atoms. The molecule has 0 aliphatic carbocycles. The Morgan fingerprint density at radius 1 is 0.411 bits per heavy atom. The van der Waals surface area contributed by atoms with Gasteiger partial charge in [-0.25, -0.2) is 14.6 Å². The van der Waals surface area contributed by atoms with Crippen LogP contribution in [-0.4, -0.2) is 19.7 Å². The van der Waals surface area contributed by atoms with Gasteiger partial charge < -0.3 is 4.42 Å². The number of para-hydroxylation sites is 2. The number of hydrogen-bond donors (Lipinski definition) is 0. The third kappa shape index (κ3) is 5.29. The molecule has 5 heteroatoms. The normalized spacial score (nSPS) is 11.6. The van der Waals surface area contributed by atoms with Gasteiger partial charge in [0, 0.05) is 43.8 Å². The van der Waals surface area contributed by atoms with E-state index in [1.54, 1.807) is 0 Å². The Balaban J connectivity index is 1.19. The van der Waals surface area contributed by atoms with E-state index in [1.165, 1.54) is 0 Å². The molecule has 0 amide bonds. The molecule has 0 saturated carbocycles. The maximum atomic E-state index is 6.30. The number of furan rings is 1. The number of benzene rings is 8. The van der Waals surface area contributed by atoms with Crippen LogP contribution in [0.4, 0.5) is 0 Å². The zero-order chi connectivity index (χ0) is 37.0. The lowest BCUT2D eigenvalue weighted by atomic mass is 9.92. The number of hydrogen-bond acceptors (Lipinski definition) is 4. The Kier molecular flexibility index (Phi) is 7.42. The maximum Gasteiger partial charge on any atom is 0.160 e. The van der Waals surface area contributed by atoms with Crippen molar-refractivity contribution in [2.45, 2.75) is 0 Å². The lowest BCUT2D eigenvalue weighted by molar-refractivity contribution is 0.669. The van der Waals surface area contributed by atoms with Crippen LogP contribution in [0.25, 0.3) is 106 Å². The van der Waals surface area contributed by atoms with Gasteiger partial charge in [-0.15, -0.1) is 0 Å². The first-order valence-corrected chi connectivity index (χ1v) is 18.8. The van der Waals surface area contributed by atoms with E-state index in [0.717, 1.165) is 99.8 Å². The van der Waals surface area contributed by atoms with Crippen molar-refractivity contribution < 1.29 is 4.42 Å². The van der Waals surface area contributed by atoms with E-state index in [9.17, 15) is 0 Å². The summed E-state index contributed by atoms with van der Waals surface area (Å²) in [6, 6.07) is 67.2. The van der Waals surface area contributed by atoms with Crippen molar-refractivity contribution in [3.63, 3.8) is 0 Å². The topological polar surface area (TPSA) is 56.7 Å². The summed E-state index contributed by atoms with van der Waals surface area (Å²) in [7, 11) is 0. The van der Waals surface area contributed by atoms with E-state index in [-0.39, 0.29) is 0 Å². The lowest BCUT2D eigenvalue weighted by Gasteiger charge is -2.13. The Morgan fingerprint density at radius 2 is 1.05 bits per heavy atom. The van der Waals surface area contributed by atoms with Crippen molar-refractivity contribution in [2.24, 2.45) is 0 Å². The number of nitrogens with zero attached hydrogens (tertiary/aromatic N) is 4. The van der Waals surface area contributed by atoms with Crippen LogP contribution >= 0.6 is 0 Å². The van der Waals surface area contributed by atoms with Crippen LogP contribution in [0, 0.1) is 0 Å². The molecule has 5 nitrogen and oxygen atoms in total. The summed E-state index contributed by atoms with van der Waals surface area (Å²) in [5.41, 5.74) is 12.6. The van der Waals surface area contributed by atoms with E-state index in [1.807, 2.05) is 48.5 Å². The highest BCUT2D eigenvalue weighted by atomic mass is 16.3. The summed E-state index contributed by atoms with van der Waals surface area (Å²) >= 11 is 0. The first kappa shape index (κ1) is 31.9. The van der Waals surface area contributed by atoms with E-state index in [2.05, 4.69) is 150 Å². The highest BCUT2D eigenvalue weighted by molar-refractivity contribution is 6.18. The van der Waals surface area contributed by atoms with Crippen LogP contribution in [-0.2, 0) is 0 Å². The molecule has 3 aromatic heterocycles. The summed E-state index contributed by atoms with van der Waals surface area (Å²) in [5.74, 6) is 0.665. The number of rotatable bonds is 6. The van der Waals surface area contributed by atoms with Crippen LogP contribution in [0.1, 0.15) is 0 Å². The fourth-order valence-electron chi connectivity index (χ4n) is 8.04. The molecule has 262 valence electrons. The monoisotopic (exact) mass is 716 g/mol. The minimum Gasteiger partial charge on any atom is -0.456 e. The summed E-state index contributed by atoms with van der Waals surface area (Å²) in [4.78, 5) is 10.4. The van der Waals surface area contributed by atoms with Gasteiger partial charge in [0.05, 0.1) is 22.6 Å². The van der Waals surface area contributed by atoms with E-state index >= 15 is 0 Å². The van der Waals surface area contributed by atoms with Gasteiger partial charge in [-0.2, -0.15) is 5.10 Å². The van der Waals surface area contributed by atoms with Crippen molar-refractivity contribution in [3.8, 4) is 62.0 Å². The quantitative estimate of drug-likeness (QED) is 0.172. The van der Waals surface area contributed by atoms with E-state index in [4.69, 9.17) is 19.5 Å². The van der Waals surface area contributed by atoms with E-state index < -0.39 is 0 Å². The predicted molar refractivity (Wildman–Crippen MR) is 229 cm³/mol. The average Bonchev–Trinajstić information content (AvgIpc) is 3.87. The van der Waals surface area contributed by atoms with Crippen molar-refractivity contribution in [1.82, 2.24) is 19.7 Å². The Bertz CT molecular complexity index is 3230. The van der Waals surface area contributed by atoms with Gasteiger partial charge in [-0.1, -0.05) is 152 Å². The van der Waals surface area contributed by atoms with Gasteiger partial charge in [-0.3, -0.25) is 0 Å². The molecule has 3 heterocycles. The Morgan fingerprint density at radius 3 is 1.82 bits per heavy atom. The summed E-state index contributed by atoms with van der Waals surface area (Å²) in [5, 5.41) is 10.8. The average molecular weight is 717 g/mol. The van der Waals surface area contributed by atoms with Crippen LogP contribution in [0.2, 0.25) is 0 Å². The smallest absolute Gasteiger partial charge is 0.160 e. The second-order valence-corrected chi connectivity index (χ2v) is 14.0. The zero-order valence-corrected chi connectivity index (χ0v) is 30.2. The van der Waals surface area contributed by atoms with Crippen LogP contribution in [0.15, 0.2) is 199 Å². The van der Waals surface area contributed by atoms with Crippen LogP contribution in [0.3, 0.4) is 0 Å². The maximum absolute atomic E-state index is 6.30. The standard InChI is InChI=1S/C51H32N4O/c1-5-16-33(17-6-1)42-31-37-30-36(28-29-39(37)50-48(42)49(34-18-7-2-8-19-34)54-55(50)38-22-11-4-12-23-38)43-32-44(53-51(52-43)35-20-9-3-10-21-35)40-25-15-27-46-47(40)41-24-13-14-26-45(41)56-46/h1-32H. The highest BCUT2D eigenvalue weighted by Crippen LogP contribution is 2.43. The summed E-state index contributed by atoms with van der Waals surface area (Å²) < 4.78 is 8.41. The molecular weight excluding hydrogens is 685 g/mol. The molecule has 0 saturated heterocycles. The predicted octanol–water partition coefficient (Wildman–Crippen LogP) is 13.2. The fraction of sp³-hybridized carbons (Fsp3) is 0. The minimum atomic E-state index is 0.665. The van der Waals surface area contributed by atoms with Gasteiger partial charge in [-0.05, 0) is 59.0 Å². The van der Waals surface area contributed by atoms with Gasteiger partial charge in [0.25, 0.3) is 0 Å². The van der Waals surface area contributed by atoms with Crippen molar-refractivity contribution in [2.75, 3.05) is 0 Å². The summed E-state index contributed by atoms with van der Waals surface area (Å²) in [6.45, 7) is 0. The highest BCUT2D eigenvalue weighted by Gasteiger charge is 2.22. The number of fused-ring (bicyclic) bond motifs is 6. The molecule has 0 spiro atoms. The zero-order valence-electron chi connectivity index (χ0n) is 30.2. The molecule has 0 aliphatic heterocycles. The Labute approximate surface area is 322 Å². The molecule has 0 unspecified atom stereocenters. The van der Waals surface area contributed by atoms with Gasteiger partial charge in [0.1, 0.15) is 16.9 Å². The molecule has 0 N–H and O–H groups in total. The molecule has 11 aromatic rings. The fourth-order valence-corrected chi connectivity index (χ4v) is 8.04. The largest absolute Gasteiger partial charge is 0.456 e. The Hall–Kier alpha value is -7.63. The lowest BCUT2D eigenvalue weighted by Crippen LogP contribution is -1.98. The molecule has 0 atom stereocenters. The third-order valence-electron chi connectivity index (χ3n) is 10.6. The first-order chi connectivity index (χ1) is 27.8. The van der Waals surface area contributed by atoms with Gasteiger partial charge >= 0.3 is 0 Å². The molecule has 8 aromatic carbocycles. The molecule has 0 fully saturated rings. The molecular formula is C51H32N4O. The molecule has 11 rings (SSSR count). The van der Waals surface area contributed by atoms with Crippen LogP contribution < -0.4 is 0 Å². The second-order valence-electron chi connectivity index (χ2n) is 14.0. The third-order valence-corrected chi connectivity index (χ3v) is 10.6. The summed E-state index contributed by atoms with van der Waals surface area (Å²) in [6.07, 6.45) is 0. The first-order valence-electron chi connectivity index (χ1n) is 18.8. The van der Waals surface area contributed by atoms with Gasteiger partial charge in [0.15, 0.2) is 5.82 Å². The van der Waals surface area contributed by atoms with Crippen molar-refractivity contribution in [3.05, 3.63) is 194 Å². The second kappa shape index (κ2) is 13.0.